The van der Waals surface area contributed by atoms with Crippen LogP contribution in [0.5, 0.6) is 0 Å². The van der Waals surface area contributed by atoms with Gasteiger partial charge in [0, 0.05) is 0 Å². The average molecular weight is 432 g/mol. The molecule has 1 heterocycles. The van der Waals surface area contributed by atoms with E-state index in [9.17, 15) is 19.2 Å². The highest BCUT2D eigenvalue weighted by Gasteiger charge is 2.37. The van der Waals surface area contributed by atoms with Gasteiger partial charge in [0.25, 0.3) is 5.56 Å². The van der Waals surface area contributed by atoms with Gasteiger partial charge in [-0.1, -0.05) is 11.6 Å². The number of amides is 2. The van der Waals surface area contributed by atoms with Crippen molar-refractivity contribution in [2.45, 2.75) is 72.3 Å². The summed E-state index contributed by atoms with van der Waals surface area (Å²) in [7, 11) is 0. The maximum Gasteiger partial charge on any atom is 0.420 e. The van der Waals surface area contributed by atoms with Crippen molar-refractivity contribution in [1.82, 2.24) is 14.7 Å². The van der Waals surface area contributed by atoms with E-state index in [1.165, 1.54) is 6.92 Å². The van der Waals surface area contributed by atoms with Crippen molar-refractivity contribution in [1.29, 1.82) is 0 Å². The minimum atomic E-state index is -1.29. The van der Waals surface area contributed by atoms with E-state index in [1.54, 1.807) is 41.5 Å². The summed E-state index contributed by atoms with van der Waals surface area (Å²) in [5, 5.41) is 12.5. The van der Waals surface area contributed by atoms with E-state index < -0.39 is 47.5 Å². The van der Waals surface area contributed by atoms with Gasteiger partial charge < -0.3 is 14.6 Å². The molecule has 0 aliphatic heterocycles. The van der Waals surface area contributed by atoms with Gasteiger partial charge in [-0.2, -0.15) is 5.10 Å². The quantitative estimate of drug-likeness (QED) is 0.769. The number of carbonyl (C=O) groups excluding carboxylic acids is 2. The standard InChI is InChI=1S/C18H26ClN3O7/c1-10(13-11(19)8-20-21(14(13)25)9-12(23)24)22(15(26)28-17(2,3)4)16(27)29-18(5,6)7/h8,10H,9H2,1-7H3,(H,23,24). The van der Waals surface area contributed by atoms with Crippen LogP contribution in [-0.2, 0) is 20.8 Å². The van der Waals surface area contributed by atoms with Crippen LogP contribution in [0, 0.1) is 0 Å². The zero-order chi connectivity index (χ0) is 22.7. The predicted octanol–water partition coefficient (Wildman–Crippen LogP) is 3.21. The Hall–Kier alpha value is -2.62. The molecule has 11 heteroatoms. The number of halogens is 1. The molecule has 1 N–H and O–H groups in total. The van der Waals surface area contributed by atoms with Crippen molar-refractivity contribution in [2.75, 3.05) is 0 Å². The molecule has 29 heavy (non-hydrogen) atoms. The van der Waals surface area contributed by atoms with Crippen molar-refractivity contribution in [3.63, 3.8) is 0 Å². The summed E-state index contributed by atoms with van der Waals surface area (Å²) in [6, 6.07) is -1.22. The summed E-state index contributed by atoms with van der Waals surface area (Å²) in [5.74, 6) is -1.29. The predicted molar refractivity (Wildman–Crippen MR) is 104 cm³/mol. The monoisotopic (exact) mass is 431 g/mol. The van der Waals surface area contributed by atoms with Crippen molar-refractivity contribution >= 4 is 29.8 Å². The highest BCUT2D eigenvalue weighted by Crippen LogP contribution is 2.27. The molecular formula is C18H26ClN3O7. The minimum Gasteiger partial charge on any atom is -0.480 e. The van der Waals surface area contributed by atoms with Gasteiger partial charge in [-0.3, -0.25) is 9.59 Å². The van der Waals surface area contributed by atoms with Gasteiger partial charge in [0.1, 0.15) is 17.7 Å². The lowest BCUT2D eigenvalue weighted by Crippen LogP contribution is -2.46. The smallest absolute Gasteiger partial charge is 0.420 e. The van der Waals surface area contributed by atoms with Crippen molar-refractivity contribution in [3.05, 3.63) is 27.1 Å². The Morgan fingerprint density at radius 1 is 1.14 bits per heavy atom. The Morgan fingerprint density at radius 2 is 1.59 bits per heavy atom. The fourth-order valence-corrected chi connectivity index (χ4v) is 2.53. The topological polar surface area (TPSA) is 128 Å². The SMILES string of the molecule is CC(c1c(Cl)cnn(CC(=O)O)c1=O)N(C(=O)OC(C)(C)C)C(=O)OC(C)(C)C. The number of imide groups is 1. The van der Waals surface area contributed by atoms with E-state index >= 15 is 0 Å². The van der Waals surface area contributed by atoms with E-state index in [2.05, 4.69) is 5.10 Å². The Balaban J connectivity index is 3.49. The van der Waals surface area contributed by atoms with Gasteiger partial charge in [0.15, 0.2) is 0 Å². The molecule has 1 unspecified atom stereocenters. The second-order valence-electron chi connectivity index (χ2n) is 8.27. The molecule has 1 aromatic rings. The number of aliphatic carboxylic acids is 1. The number of carbonyl (C=O) groups is 3. The summed E-state index contributed by atoms with van der Waals surface area (Å²) in [5.41, 5.74) is -2.91. The van der Waals surface area contributed by atoms with Gasteiger partial charge in [-0.05, 0) is 48.5 Å². The van der Waals surface area contributed by atoms with E-state index in [0.29, 0.717) is 9.58 Å². The van der Waals surface area contributed by atoms with Crippen LogP contribution in [0.3, 0.4) is 0 Å². The Bertz CT molecular complexity index is 824. The second-order valence-corrected chi connectivity index (χ2v) is 8.68. The average Bonchev–Trinajstić information content (AvgIpc) is 2.46. The normalized spacial score (nSPS) is 12.8. The Labute approximate surface area is 173 Å². The highest BCUT2D eigenvalue weighted by atomic mass is 35.5. The van der Waals surface area contributed by atoms with Gasteiger partial charge in [-0.25, -0.2) is 19.2 Å². The van der Waals surface area contributed by atoms with Crippen molar-refractivity contribution in [2.24, 2.45) is 0 Å². The zero-order valence-electron chi connectivity index (χ0n) is 17.5. The first-order valence-electron chi connectivity index (χ1n) is 8.76. The summed E-state index contributed by atoms with van der Waals surface area (Å²) >= 11 is 6.10. The molecule has 1 rings (SSSR count). The molecule has 0 aliphatic rings. The minimum absolute atomic E-state index is 0.138. The number of nitrogens with zero attached hydrogens (tertiary/aromatic N) is 3. The molecule has 2 amide bonds. The van der Waals surface area contributed by atoms with Crippen LogP contribution in [0.15, 0.2) is 11.0 Å². The molecule has 0 aliphatic carbocycles. The molecule has 1 aromatic heterocycles. The third kappa shape index (κ3) is 7.04. The van der Waals surface area contributed by atoms with Gasteiger partial charge in [-0.15, -0.1) is 0 Å². The lowest BCUT2D eigenvalue weighted by molar-refractivity contribution is -0.138. The van der Waals surface area contributed by atoms with Crippen LogP contribution >= 0.6 is 11.6 Å². The van der Waals surface area contributed by atoms with Gasteiger partial charge >= 0.3 is 18.2 Å². The number of carboxylic acid groups (broad SMARTS) is 1. The van der Waals surface area contributed by atoms with Gasteiger partial charge in [0.05, 0.1) is 22.8 Å². The maximum absolute atomic E-state index is 12.7. The lowest BCUT2D eigenvalue weighted by atomic mass is 10.1. The zero-order valence-corrected chi connectivity index (χ0v) is 18.2. The van der Waals surface area contributed by atoms with Crippen LogP contribution in [0.2, 0.25) is 5.02 Å². The van der Waals surface area contributed by atoms with E-state index in [0.717, 1.165) is 6.20 Å². The van der Waals surface area contributed by atoms with Gasteiger partial charge in [0.2, 0.25) is 0 Å². The first-order chi connectivity index (χ1) is 13.0. The molecule has 162 valence electrons. The third-order valence-corrected chi connectivity index (χ3v) is 3.60. The van der Waals surface area contributed by atoms with Crippen LogP contribution < -0.4 is 5.56 Å². The van der Waals surface area contributed by atoms with E-state index in [4.69, 9.17) is 26.2 Å². The summed E-state index contributed by atoms with van der Waals surface area (Å²) in [6.07, 6.45) is -1.02. The van der Waals surface area contributed by atoms with Crippen molar-refractivity contribution < 1.29 is 29.0 Å². The van der Waals surface area contributed by atoms with Crippen LogP contribution in [0.25, 0.3) is 0 Å². The Morgan fingerprint density at radius 3 is 1.97 bits per heavy atom. The number of hydrogen-bond acceptors (Lipinski definition) is 7. The van der Waals surface area contributed by atoms with Crippen LogP contribution in [0.1, 0.15) is 60.1 Å². The first-order valence-corrected chi connectivity index (χ1v) is 9.14. The second kappa shape index (κ2) is 8.81. The highest BCUT2D eigenvalue weighted by molar-refractivity contribution is 6.31. The number of carboxylic acids is 1. The molecule has 0 saturated heterocycles. The molecular weight excluding hydrogens is 406 g/mol. The summed E-state index contributed by atoms with van der Waals surface area (Å²) < 4.78 is 11.2. The third-order valence-electron chi connectivity index (χ3n) is 3.30. The molecule has 1 atom stereocenters. The molecule has 0 saturated carbocycles. The molecule has 0 radical (unpaired) electrons. The number of ether oxygens (including phenoxy) is 2. The van der Waals surface area contributed by atoms with Crippen molar-refractivity contribution in [3.8, 4) is 0 Å². The maximum atomic E-state index is 12.7. The molecule has 0 spiro atoms. The fourth-order valence-electron chi connectivity index (χ4n) is 2.24. The molecule has 10 nitrogen and oxygen atoms in total. The van der Waals surface area contributed by atoms with Crippen LogP contribution in [-0.4, -0.2) is 49.1 Å². The summed E-state index contributed by atoms with van der Waals surface area (Å²) in [6.45, 7) is 10.3. The largest absolute Gasteiger partial charge is 0.480 e. The molecule has 0 fully saturated rings. The fraction of sp³-hybridized carbons (Fsp3) is 0.611. The first kappa shape index (κ1) is 24.4. The molecule has 0 bridgehead atoms. The van der Waals surface area contributed by atoms with E-state index in [-0.39, 0.29) is 10.6 Å². The lowest BCUT2D eigenvalue weighted by Gasteiger charge is -2.32. The van der Waals surface area contributed by atoms with Crippen LogP contribution in [0.4, 0.5) is 9.59 Å². The number of hydrogen-bond donors (Lipinski definition) is 1. The molecule has 0 aromatic carbocycles. The van der Waals surface area contributed by atoms with E-state index in [1.807, 2.05) is 0 Å². The summed E-state index contributed by atoms with van der Waals surface area (Å²) in [4.78, 5) is 49.8. The number of aromatic nitrogens is 2. The number of rotatable bonds is 4. The Kier molecular flexibility index (Phi) is 7.42.